The molecular formula is C19H22N2O3. The summed E-state index contributed by atoms with van der Waals surface area (Å²) < 4.78 is 0. The predicted octanol–water partition coefficient (Wildman–Crippen LogP) is 2.97. The fraction of sp³-hybridized carbons (Fsp3) is 0.474. The Balaban J connectivity index is 1.67. The van der Waals surface area contributed by atoms with Gasteiger partial charge < -0.3 is 15.0 Å². The van der Waals surface area contributed by atoms with Crippen molar-refractivity contribution in [1.82, 2.24) is 9.88 Å². The fourth-order valence-corrected chi connectivity index (χ4v) is 4.09. The van der Waals surface area contributed by atoms with E-state index in [0.717, 1.165) is 35.0 Å². The Hall–Kier alpha value is -2.30. The number of amides is 1. The van der Waals surface area contributed by atoms with Crippen molar-refractivity contribution in [2.45, 2.75) is 26.7 Å². The number of H-pyrrole nitrogens is 1. The van der Waals surface area contributed by atoms with E-state index in [0.29, 0.717) is 24.6 Å². The van der Waals surface area contributed by atoms with Crippen molar-refractivity contribution in [3.05, 3.63) is 35.0 Å². The predicted molar refractivity (Wildman–Crippen MR) is 91.0 cm³/mol. The van der Waals surface area contributed by atoms with Gasteiger partial charge in [0.2, 0.25) is 0 Å². The molecule has 2 aromatic rings. The molecule has 1 aliphatic heterocycles. The Morgan fingerprint density at radius 3 is 2.62 bits per heavy atom. The average Bonchev–Trinajstić information content (AvgIpc) is 3.24. The number of carboxylic acids is 1. The number of aryl methyl sites for hydroxylation is 2. The van der Waals surface area contributed by atoms with Gasteiger partial charge in [-0.1, -0.05) is 12.1 Å². The molecule has 1 aliphatic carbocycles. The number of nitrogens with zero attached hydrogens (tertiary/aromatic N) is 1. The summed E-state index contributed by atoms with van der Waals surface area (Å²) in [5.41, 5.74) is 3.72. The van der Waals surface area contributed by atoms with Gasteiger partial charge in [0, 0.05) is 24.2 Å². The molecule has 2 atom stereocenters. The van der Waals surface area contributed by atoms with Crippen LogP contribution in [0.3, 0.4) is 0 Å². The molecule has 1 saturated heterocycles. The molecule has 126 valence electrons. The maximum Gasteiger partial charge on any atom is 0.308 e. The van der Waals surface area contributed by atoms with E-state index in [-0.39, 0.29) is 11.8 Å². The molecule has 4 rings (SSSR count). The van der Waals surface area contributed by atoms with Gasteiger partial charge in [-0.05, 0) is 50.2 Å². The first-order chi connectivity index (χ1) is 11.5. The average molecular weight is 326 g/mol. The molecule has 5 nitrogen and oxygen atoms in total. The van der Waals surface area contributed by atoms with Gasteiger partial charge >= 0.3 is 5.97 Å². The summed E-state index contributed by atoms with van der Waals surface area (Å²) in [6.45, 7) is 4.94. The zero-order chi connectivity index (χ0) is 17.0. The van der Waals surface area contributed by atoms with E-state index in [4.69, 9.17) is 0 Å². The minimum Gasteiger partial charge on any atom is -0.481 e. The number of hydrogen-bond acceptors (Lipinski definition) is 2. The summed E-state index contributed by atoms with van der Waals surface area (Å²) in [4.78, 5) is 29.7. The fourth-order valence-electron chi connectivity index (χ4n) is 4.09. The zero-order valence-corrected chi connectivity index (χ0v) is 14.0. The van der Waals surface area contributed by atoms with Crippen molar-refractivity contribution in [3.63, 3.8) is 0 Å². The Morgan fingerprint density at radius 2 is 1.96 bits per heavy atom. The molecule has 1 aromatic carbocycles. The SMILES string of the molecule is Cc1[nH]c2c(C(=O)N3C[C@H](C(=O)O)[C@@H](C4CC4)C3)cccc2c1C. The van der Waals surface area contributed by atoms with E-state index < -0.39 is 11.9 Å². The molecule has 2 aliphatic rings. The van der Waals surface area contributed by atoms with Gasteiger partial charge in [-0.25, -0.2) is 0 Å². The molecule has 2 fully saturated rings. The van der Waals surface area contributed by atoms with Gasteiger partial charge in [0.05, 0.1) is 17.0 Å². The molecule has 5 heteroatoms. The Labute approximate surface area is 140 Å². The first kappa shape index (κ1) is 15.2. The van der Waals surface area contributed by atoms with E-state index in [9.17, 15) is 14.7 Å². The molecule has 1 saturated carbocycles. The van der Waals surface area contributed by atoms with Crippen LogP contribution in [0.15, 0.2) is 18.2 Å². The Kier molecular flexibility index (Phi) is 3.41. The third kappa shape index (κ3) is 2.30. The van der Waals surface area contributed by atoms with Gasteiger partial charge in [-0.2, -0.15) is 0 Å². The third-order valence-electron chi connectivity index (χ3n) is 5.77. The van der Waals surface area contributed by atoms with Crippen molar-refractivity contribution in [2.75, 3.05) is 13.1 Å². The monoisotopic (exact) mass is 326 g/mol. The van der Waals surface area contributed by atoms with Gasteiger partial charge in [-0.15, -0.1) is 0 Å². The van der Waals surface area contributed by atoms with Crippen molar-refractivity contribution in [2.24, 2.45) is 17.8 Å². The van der Waals surface area contributed by atoms with Gasteiger partial charge in [0.1, 0.15) is 0 Å². The molecule has 0 radical (unpaired) electrons. The topological polar surface area (TPSA) is 73.4 Å². The van der Waals surface area contributed by atoms with E-state index in [1.807, 2.05) is 32.0 Å². The van der Waals surface area contributed by atoms with E-state index in [1.165, 1.54) is 0 Å². The van der Waals surface area contributed by atoms with Crippen LogP contribution in [0.4, 0.5) is 0 Å². The highest BCUT2D eigenvalue weighted by Crippen LogP contribution is 2.44. The molecule has 24 heavy (non-hydrogen) atoms. The number of benzene rings is 1. The van der Waals surface area contributed by atoms with Crippen LogP contribution >= 0.6 is 0 Å². The molecule has 2 heterocycles. The van der Waals surface area contributed by atoms with Crippen LogP contribution in [0.5, 0.6) is 0 Å². The molecule has 1 aromatic heterocycles. The van der Waals surface area contributed by atoms with Gasteiger partial charge in [-0.3, -0.25) is 9.59 Å². The number of hydrogen-bond donors (Lipinski definition) is 2. The number of aliphatic carboxylic acids is 1. The maximum atomic E-state index is 13.1. The molecule has 0 unspecified atom stereocenters. The van der Waals surface area contributed by atoms with Crippen molar-refractivity contribution >= 4 is 22.8 Å². The summed E-state index contributed by atoms with van der Waals surface area (Å²) >= 11 is 0. The number of carbonyl (C=O) groups excluding carboxylic acids is 1. The summed E-state index contributed by atoms with van der Waals surface area (Å²) in [7, 11) is 0. The van der Waals surface area contributed by atoms with Crippen molar-refractivity contribution in [1.29, 1.82) is 0 Å². The smallest absolute Gasteiger partial charge is 0.308 e. The molecule has 0 bridgehead atoms. The third-order valence-corrected chi connectivity index (χ3v) is 5.77. The summed E-state index contributed by atoms with van der Waals surface area (Å²) in [5.74, 6) is -0.663. The lowest BCUT2D eigenvalue weighted by Crippen LogP contribution is -2.30. The van der Waals surface area contributed by atoms with Crippen LogP contribution in [0.25, 0.3) is 10.9 Å². The number of carboxylic acid groups (broad SMARTS) is 1. The number of fused-ring (bicyclic) bond motifs is 1. The van der Waals surface area contributed by atoms with Crippen LogP contribution < -0.4 is 0 Å². The molecule has 2 N–H and O–H groups in total. The van der Waals surface area contributed by atoms with E-state index in [1.54, 1.807) is 4.90 Å². The highest BCUT2D eigenvalue weighted by molar-refractivity contribution is 6.07. The minimum absolute atomic E-state index is 0.0590. The van der Waals surface area contributed by atoms with Gasteiger partial charge in [0.15, 0.2) is 0 Å². The number of para-hydroxylation sites is 1. The molecule has 1 amide bonds. The number of aromatic amines is 1. The van der Waals surface area contributed by atoms with E-state index in [2.05, 4.69) is 4.98 Å². The number of carbonyl (C=O) groups is 2. The minimum atomic E-state index is -0.771. The molecular weight excluding hydrogens is 304 g/mol. The van der Waals surface area contributed by atoms with Crippen LogP contribution in [0.1, 0.15) is 34.5 Å². The first-order valence-corrected chi connectivity index (χ1v) is 8.57. The second-order valence-electron chi connectivity index (χ2n) is 7.26. The highest BCUT2D eigenvalue weighted by Gasteiger charge is 2.47. The normalized spacial score (nSPS) is 23.8. The maximum absolute atomic E-state index is 13.1. The zero-order valence-electron chi connectivity index (χ0n) is 14.0. The largest absolute Gasteiger partial charge is 0.481 e. The van der Waals surface area contributed by atoms with Gasteiger partial charge in [0.25, 0.3) is 5.91 Å². The van der Waals surface area contributed by atoms with Crippen molar-refractivity contribution < 1.29 is 14.7 Å². The standard InChI is InChI=1S/C19H22N2O3/c1-10-11(2)20-17-13(10)4-3-5-14(17)18(22)21-8-15(12-6-7-12)16(9-21)19(23)24/h3-5,12,15-16,20H,6-9H2,1-2H3,(H,23,24)/t15-,16+/m1/s1. The molecule has 0 spiro atoms. The second kappa shape index (κ2) is 5.36. The number of likely N-dealkylation sites (tertiary alicyclic amines) is 1. The number of nitrogens with one attached hydrogen (secondary N) is 1. The summed E-state index contributed by atoms with van der Waals surface area (Å²) in [6, 6.07) is 5.75. The summed E-state index contributed by atoms with van der Waals surface area (Å²) in [6.07, 6.45) is 2.20. The highest BCUT2D eigenvalue weighted by atomic mass is 16.4. The first-order valence-electron chi connectivity index (χ1n) is 8.57. The van der Waals surface area contributed by atoms with Crippen molar-refractivity contribution in [3.8, 4) is 0 Å². The number of aromatic nitrogens is 1. The van der Waals surface area contributed by atoms with Crippen LogP contribution in [-0.2, 0) is 4.79 Å². The van der Waals surface area contributed by atoms with Crippen LogP contribution in [0.2, 0.25) is 0 Å². The number of rotatable bonds is 3. The lowest BCUT2D eigenvalue weighted by molar-refractivity contribution is -0.142. The Bertz CT molecular complexity index is 834. The second-order valence-corrected chi connectivity index (χ2v) is 7.26. The summed E-state index contributed by atoms with van der Waals surface area (Å²) in [5, 5.41) is 10.6. The lowest BCUT2D eigenvalue weighted by Gasteiger charge is -2.17. The van der Waals surface area contributed by atoms with Crippen LogP contribution in [-0.4, -0.2) is 40.0 Å². The quantitative estimate of drug-likeness (QED) is 0.911. The van der Waals surface area contributed by atoms with Crippen LogP contribution in [0, 0.1) is 31.6 Å². The lowest BCUT2D eigenvalue weighted by atomic mass is 9.92. The Morgan fingerprint density at radius 1 is 1.21 bits per heavy atom. The van der Waals surface area contributed by atoms with E-state index >= 15 is 0 Å².